The number of nitrogens with zero attached hydrogens (tertiary/aromatic N) is 3. The number of methoxy groups -OCH3 is 2. The van der Waals surface area contributed by atoms with Crippen molar-refractivity contribution in [1.29, 1.82) is 0 Å². The van der Waals surface area contributed by atoms with Gasteiger partial charge in [-0.2, -0.15) is 4.98 Å². The number of carbonyl (C=O) groups excluding carboxylic acids is 1. The standard InChI is InChI=1S/C19H27N3O4/c1-19(2,3)26-18(23)22-13-7-6-8-14(22)10-12(9-13)15-11-20-17(25-5)21-16(15)24-4/h9,11,13-14H,6-8,10H2,1-5H3. The minimum absolute atomic E-state index is 0.0270. The number of carbonyl (C=O) groups is 1. The van der Waals surface area contributed by atoms with Crippen molar-refractivity contribution in [1.82, 2.24) is 14.9 Å². The number of fused-ring (bicyclic) bond motifs is 2. The summed E-state index contributed by atoms with van der Waals surface area (Å²) in [5, 5.41) is 0. The number of rotatable bonds is 3. The summed E-state index contributed by atoms with van der Waals surface area (Å²) in [6, 6.07) is 0.423. The number of hydrogen-bond acceptors (Lipinski definition) is 6. The number of ether oxygens (including phenoxy) is 3. The van der Waals surface area contributed by atoms with Crippen LogP contribution < -0.4 is 9.47 Å². The Hall–Kier alpha value is -2.31. The highest BCUT2D eigenvalue weighted by Gasteiger charge is 2.39. The lowest BCUT2D eigenvalue weighted by molar-refractivity contribution is 0.0000804. The van der Waals surface area contributed by atoms with E-state index in [9.17, 15) is 4.79 Å². The first-order chi connectivity index (χ1) is 12.3. The smallest absolute Gasteiger partial charge is 0.411 e. The van der Waals surface area contributed by atoms with E-state index in [4.69, 9.17) is 14.2 Å². The molecule has 1 saturated heterocycles. The molecular formula is C19H27N3O4. The molecule has 7 nitrogen and oxygen atoms in total. The van der Waals surface area contributed by atoms with Crippen LogP contribution in [0, 0.1) is 0 Å². The minimum atomic E-state index is -0.498. The van der Waals surface area contributed by atoms with Crippen LogP contribution in [-0.4, -0.2) is 52.9 Å². The SMILES string of the molecule is COc1ncc(C2=CC3CCCC(C2)N3C(=O)OC(C)(C)C)c(OC)n1. The van der Waals surface area contributed by atoms with Gasteiger partial charge in [-0.3, -0.25) is 4.90 Å². The molecule has 3 rings (SSSR count). The molecule has 1 amide bonds. The molecular weight excluding hydrogens is 334 g/mol. The molecule has 2 aliphatic heterocycles. The summed E-state index contributed by atoms with van der Waals surface area (Å²) in [4.78, 5) is 23.1. The maximum Gasteiger partial charge on any atom is 0.411 e. The van der Waals surface area contributed by atoms with Crippen LogP contribution in [0.1, 0.15) is 52.0 Å². The number of hydrogen-bond donors (Lipinski definition) is 0. The van der Waals surface area contributed by atoms with Crippen molar-refractivity contribution < 1.29 is 19.0 Å². The fourth-order valence-corrected chi connectivity index (χ4v) is 3.65. The monoisotopic (exact) mass is 361 g/mol. The third-order valence-corrected chi connectivity index (χ3v) is 4.69. The molecule has 2 bridgehead atoms. The van der Waals surface area contributed by atoms with Crippen molar-refractivity contribution in [3.8, 4) is 11.9 Å². The number of amides is 1. The molecule has 26 heavy (non-hydrogen) atoms. The molecule has 1 aromatic heterocycles. The highest BCUT2D eigenvalue weighted by atomic mass is 16.6. The Morgan fingerprint density at radius 2 is 2.00 bits per heavy atom. The Labute approximate surface area is 154 Å². The highest BCUT2D eigenvalue weighted by molar-refractivity contribution is 5.76. The molecule has 7 heteroatoms. The Morgan fingerprint density at radius 1 is 1.23 bits per heavy atom. The first kappa shape index (κ1) is 18.5. The molecule has 0 aliphatic carbocycles. The average Bonchev–Trinajstić information content (AvgIpc) is 2.58. The van der Waals surface area contributed by atoms with Crippen LogP contribution in [0.3, 0.4) is 0 Å². The second-order valence-electron chi connectivity index (χ2n) is 7.72. The van der Waals surface area contributed by atoms with E-state index in [0.29, 0.717) is 5.88 Å². The first-order valence-corrected chi connectivity index (χ1v) is 9.00. The van der Waals surface area contributed by atoms with E-state index in [1.807, 2.05) is 25.7 Å². The van der Waals surface area contributed by atoms with Gasteiger partial charge in [0.2, 0.25) is 5.88 Å². The molecule has 1 fully saturated rings. The third-order valence-electron chi connectivity index (χ3n) is 4.69. The summed E-state index contributed by atoms with van der Waals surface area (Å²) < 4.78 is 16.1. The number of piperidine rings is 1. The van der Waals surface area contributed by atoms with Gasteiger partial charge in [0, 0.05) is 12.2 Å². The van der Waals surface area contributed by atoms with Gasteiger partial charge in [-0.1, -0.05) is 6.08 Å². The topological polar surface area (TPSA) is 73.8 Å². The van der Waals surface area contributed by atoms with Gasteiger partial charge in [0.15, 0.2) is 0 Å². The van der Waals surface area contributed by atoms with Crippen molar-refractivity contribution >= 4 is 11.7 Å². The highest BCUT2D eigenvalue weighted by Crippen LogP contribution is 2.39. The predicted molar refractivity (Wildman–Crippen MR) is 97.2 cm³/mol. The van der Waals surface area contributed by atoms with Crippen molar-refractivity contribution in [3.05, 3.63) is 17.8 Å². The molecule has 1 aromatic rings. The fraction of sp³-hybridized carbons (Fsp3) is 0.632. The van der Waals surface area contributed by atoms with Crippen LogP contribution in [0.4, 0.5) is 4.79 Å². The van der Waals surface area contributed by atoms with E-state index >= 15 is 0 Å². The van der Waals surface area contributed by atoms with Crippen molar-refractivity contribution in [3.63, 3.8) is 0 Å². The summed E-state index contributed by atoms with van der Waals surface area (Å²) in [5.74, 6) is 0.492. The van der Waals surface area contributed by atoms with Crippen molar-refractivity contribution in [2.45, 2.75) is 64.1 Å². The van der Waals surface area contributed by atoms with Crippen molar-refractivity contribution in [2.24, 2.45) is 0 Å². The molecule has 2 unspecified atom stereocenters. The zero-order valence-corrected chi connectivity index (χ0v) is 16.1. The van der Waals surface area contributed by atoms with Crippen LogP contribution >= 0.6 is 0 Å². The van der Waals surface area contributed by atoms with E-state index in [2.05, 4.69) is 16.0 Å². The molecule has 142 valence electrons. The maximum atomic E-state index is 12.7. The Morgan fingerprint density at radius 3 is 2.62 bits per heavy atom. The molecule has 0 N–H and O–H groups in total. The van der Waals surface area contributed by atoms with Gasteiger partial charge in [-0.05, 0) is 52.0 Å². The summed E-state index contributed by atoms with van der Waals surface area (Å²) >= 11 is 0. The van der Waals surface area contributed by atoms with Crippen LogP contribution in [-0.2, 0) is 4.74 Å². The minimum Gasteiger partial charge on any atom is -0.480 e. The molecule has 3 heterocycles. The van der Waals surface area contributed by atoms with Gasteiger partial charge in [-0.15, -0.1) is 0 Å². The Balaban J connectivity index is 1.90. The van der Waals surface area contributed by atoms with Gasteiger partial charge < -0.3 is 14.2 Å². The maximum absolute atomic E-state index is 12.7. The molecule has 2 aliphatic rings. The summed E-state index contributed by atoms with van der Waals surface area (Å²) in [6.07, 6.45) is 7.37. The molecule has 2 atom stereocenters. The normalized spacial score (nSPS) is 22.5. The Kier molecular flexibility index (Phi) is 5.07. The van der Waals surface area contributed by atoms with E-state index in [1.165, 1.54) is 7.11 Å². The van der Waals surface area contributed by atoms with Crippen molar-refractivity contribution in [2.75, 3.05) is 14.2 Å². The van der Waals surface area contributed by atoms with Gasteiger partial charge in [0.05, 0.1) is 25.8 Å². The zero-order chi connectivity index (χ0) is 18.9. The molecule has 0 saturated carbocycles. The van der Waals surface area contributed by atoms with Crippen LogP contribution in [0.25, 0.3) is 5.57 Å². The van der Waals surface area contributed by atoms with Crippen LogP contribution in [0.5, 0.6) is 11.9 Å². The fourth-order valence-electron chi connectivity index (χ4n) is 3.65. The largest absolute Gasteiger partial charge is 0.480 e. The second-order valence-corrected chi connectivity index (χ2v) is 7.72. The average molecular weight is 361 g/mol. The molecule has 0 aromatic carbocycles. The van der Waals surface area contributed by atoms with E-state index in [1.54, 1.807) is 13.3 Å². The van der Waals surface area contributed by atoms with Gasteiger partial charge in [0.25, 0.3) is 0 Å². The van der Waals surface area contributed by atoms with E-state index < -0.39 is 5.60 Å². The first-order valence-electron chi connectivity index (χ1n) is 9.00. The lowest BCUT2D eigenvalue weighted by Gasteiger charge is -2.45. The zero-order valence-electron chi connectivity index (χ0n) is 16.1. The van der Waals surface area contributed by atoms with Crippen LogP contribution in [0.2, 0.25) is 0 Å². The second kappa shape index (κ2) is 7.13. The lowest BCUT2D eigenvalue weighted by Crippen LogP contribution is -2.53. The van der Waals surface area contributed by atoms with E-state index in [-0.39, 0.29) is 24.2 Å². The quantitative estimate of drug-likeness (QED) is 0.821. The van der Waals surface area contributed by atoms with E-state index in [0.717, 1.165) is 36.8 Å². The van der Waals surface area contributed by atoms with Gasteiger partial charge in [-0.25, -0.2) is 9.78 Å². The Bertz CT molecular complexity index is 711. The van der Waals surface area contributed by atoms with Gasteiger partial charge in [0.1, 0.15) is 5.60 Å². The summed E-state index contributed by atoms with van der Waals surface area (Å²) in [5.41, 5.74) is 1.47. The molecule has 0 radical (unpaired) electrons. The van der Waals surface area contributed by atoms with Crippen LogP contribution in [0.15, 0.2) is 12.3 Å². The lowest BCUT2D eigenvalue weighted by atomic mass is 9.83. The molecule has 0 spiro atoms. The number of aromatic nitrogens is 2. The predicted octanol–water partition coefficient (Wildman–Crippen LogP) is 3.44. The third kappa shape index (κ3) is 3.76. The van der Waals surface area contributed by atoms with Gasteiger partial charge >= 0.3 is 12.1 Å². The summed E-state index contributed by atoms with van der Waals surface area (Å²) in [6.45, 7) is 5.68. The summed E-state index contributed by atoms with van der Waals surface area (Å²) in [7, 11) is 3.11.